The fourth-order valence-corrected chi connectivity index (χ4v) is 2.33. The lowest BCUT2D eigenvalue weighted by Gasteiger charge is -2.17. The van der Waals surface area contributed by atoms with Crippen molar-refractivity contribution in [2.75, 3.05) is 13.2 Å². The number of hydrogen-bond donors (Lipinski definition) is 1. The summed E-state index contributed by atoms with van der Waals surface area (Å²) in [6, 6.07) is 5.66. The summed E-state index contributed by atoms with van der Waals surface area (Å²) in [5.41, 5.74) is 7.17. The van der Waals surface area contributed by atoms with Crippen LogP contribution in [0.25, 0.3) is 0 Å². The predicted molar refractivity (Wildman–Crippen MR) is 82.7 cm³/mol. The lowest BCUT2D eigenvalue weighted by atomic mass is 10.0. The van der Waals surface area contributed by atoms with E-state index in [9.17, 15) is 4.79 Å². The molecule has 0 saturated carbocycles. The molecule has 0 radical (unpaired) electrons. The Hall–Kier alpha value is -1.07. The predicted octanol–water partition coefficient (Wildman–Crippen LogP) is 3.58. The van der Waals surface area contributed by atoms with Crippen LogP contribution in [0, 0.1) is 0 Å². The minimum atomic E-state index is -0.168. The summed E-state index contributed by atoms with van der Waals surface area (Å²) in [7, 11) is 0. The van der Waals surface area contributed by atoms with Gasteiger partial charge in [0.15, 0.2) is 0 Å². The van der Waals surface area contributed by atoms with E-state index in [1.807, 2.05) is 25.1 Å². The summed E-state index contributed by atoms with van der Waals surface area (Å²) in [6.07, 6.45) is 1.83. The molecule has 1 rings (SSSR count). The number of carbonyl (C=O) groups excluding carboxylic acids is 1. The summed E-state index contributed by atoms with van der Waals surface area (Å²) >= 11 is 3.44. The third-order valence-corrected chi connectivity index (χ3v) is 3.37. The highest BCUT2D eigenvalue weighted by Gasteiger charge is 2.13. The molecule has 0 saturated heterocycles. The van der Waals surface area contributed by atoms with E-state index in [-0.39, 0.29) is 12.0 Å². The fourth-order valence-electron chi connectivity index (χ4n) is 1.95. The zero-order valence-corrected chi connectivity index (χ0v) is 13.6. The fraction of sp³-hybridized carbons (Fsp3) is 0.533. The highest BCUT2D eigenvalue weighted by Crippen LogP contribution is 2.30. The molecule has 0 amide bonds. The zero-order chi connectivity index (χ0) is 15.0. The number of benzene rings is 1. The van der Waals surface area contributed by atoms with Crippen LogP contribution >= 0.6 is 15.9 Å². The maximum atomic E-state index is 11.3. The molecule has 0 fully saturated rings. The van der Waals surface area contributed by atoms with Crippen LogP contribution in [-0.2, 0) is 9.53 Å². The average molecular weight is 344 g/mol. The Labute approximate surface area is 128 Å². The van der Waals surface area contributed by atoms with Gasteiger partial charge in [-0.15, -0.1) is 0 Å². The van der Waals surface area contributed by atoms with Crippen molar-refractivity contribution in [3.05, 3.63) is 28.2 Å². The minimum Gasteiger partial charge on any atom is -0.494 e. The third kappa shape index (κ3) is 5.51. The number of carbonyl (C=O) groups is 1. The molecule has 0 aliphatic rings. The van der Waals surface area contributed by atoms with Gasteiger partial charge in [-0.25, -0.2) is 0 Å². The van der Waals surface area contributed by atoms with Crippen LogP contribution in [0.15, 0.2) is 22.7 Å². The number of rotatable bonds is 8. The molecule has 1 unspecified atom stereocenters. The number of halogens is 1. The summed E-state index contributed by atoms with van der Waals surface area (Å²) in [5, 5.41) is 0. The molecule has 112 valence electrons. The minimum absolute atomic E-state index is 0.150. The first kappa shape index (κ1) is 17.0. The van der Waals surface area contributed by atoms with Crippen LogP contribution in [0.1, 0.15) is 44.7 Å². The highest BCUT2D eigenvalue weighted by molar-refractivity contribution is 9.10. The molecule has 4 nitrogen and oxygen atoms in total. The second-order valence-corrected chi connectivity index (χ2v) is 5.33. The van der Waals surface area contributed by atoms with Crippen LogP contribution in [-0.4, -0.2) is 19.2 Å². The molecule has 1 atom stereocenters. The Morgan fingerprint density at radius 3 is 2.75 bits per heavy atom. The van der Waals surface area contributed by atoms with E-state index in [1.165, 1.54) is 0 Å². The lowest BCUT2D eigenvalue weighted by Crippen LogP contribution is -2.13. The van der Waals surface area contributed by atoms with E-state index in [0.717, 1.165) is 22.2 Å². The SMILES string of the molecule is CCOC(=O)CCCC(N)c1cc(Br)ccc1OCC. The summed E-state index contributed by atoms with van der Waals surface area (Å²) in [6.45, 7) is 4.77. The molecule has 2 N–H and O–H groups in total. The van der Waals surface area contributed by atoms with Crippen LogP contribution < -0.4 is 10.5 Å². The van der Waals surface area contributed by atoms with Crippen LogP contribution in [0.2, 0.25) is 0 Å². The van der Waals surface area contributed by atoms with Crippen LogP contribution in [0.5, 0.6) is 5.75 Å². The van der Waals surface area contributed by atoms with Crippen molar-refractivity contribution < 1.29 is 14.3 Å². The topological polar surface area (TPSA) is 61.5 Å². The summed E-state index contributed by atoms with van der Waals surface area (Å²) in [4.78, 5) is 11.3. The number of ether oxygens (including phenoxy) is 2. The van der Waals surface area contributed by atoms with Gasteiger partial charge in [0, 0.05) is 22.5 Å². The van der Waals surface area contributed by atoms with Gasteiger partial charge in [-0.2, -0.15) is 0 Å². The number of hydrogen-bond acceptors (Lipinski definition) is 4. The lowest BCUT2D eigenvalue weighted by molar-refractivity contribution is -0.143. The quantitative estimate of drug-likeness (QED) is 0.732. The van der Waals surface area contributed by atoms with Crippen LogP contribution in [0.3, 0.4) is 0 Å². The molecule has 0 heterocycles. The van der Waals surface area contributed by atoms with E-state index >= 15 is 0 Å². The van der Waals surface area contributed by atoms with E-state index in [0.29, 0.717) is 26.1 Å². The van der Waals surface area contributed by atoms with Crippen LogP contribution in [0.4, 0.5) is 0 Å². The number of nitrogens with two attached hydrogens (primary N) is 1. The molecule has 5 heteroatoms. The van der Waals surface area contributed by atoms with Crippen molar-refractivity contribution in [1.82, 2.24) is 0 Å². The van der Waals surface area contributed by atoms with Crippen molar-refractivity contribution in [3.8, 4) is 5.75 Å². The van der Waals surface area contributed by atoms with Gasteiger partial charge in [-0.05, 0) is 44.9 Å². The average Bonchev–Trinajstić information content (AvgIpc) is 2.41. The van der Waals surface area contributed by atoms with Crippen molar-refractivity contribution in [2.45, 2.75) is 39.2 Å². The standard InChI is InChI=1S/C15H22BrNO3/c1-3-19-14-9-8-11(16)10-12(14)13(17)6-5-7-15(18)20-4-2/h8-10,13H,3-7,17H2,1-2H3. The molecule has 1 aromatic carbocycles. The molecule has 0 aliphatic heterocycles. The largest absolute Gasteiger partial charge is 0.494 e. The van der Waals surface area contributed by atoms with Gasteiger partial charge in [0.25, 0.3) is 0 Å². The zero-order valence-electron chi connectivity index (χ0n) is 12.0. The molecule has 0 spiro atoms. The van der Waals surface area contributed by atoms with Gasteiger partial charge >= 0.3 is 5.97 Å². The smallest absolute Gasteiger partial charge is 0.305 e. The molecule has 0 bridgehead atoms. The summed E-state index contributed by atoms with van der Waals surface area (Å²) in [5.74, 6) is 0.637. The van der Waals surface area contributed by atoms with Gasteiger partial charge in [-0.1, -0.05) is 15.9 Å². The van der Waals surface area contributed by atoms with E-state index in [4.69, 9.17) is 15.2 Å². The maximum Gasteiger partial charge on any atom is 0.305 e. The van der Waals surface area contributed by atoms with Crippen molar-refractivity contribution >= 4 is 21.9 Å². The molecule has 0 aromatic heterocycles. The van der Waals surface area contributed by atoms with Crippen molar-refractivity contribution in [3.63, 3.8) is 0 Å². The van der Waals surface area contributed by atoms with Gasteiger partial charge in [0.1, 0.15) is 5.75 Å². The number of esters is 1. The first-order chi connectivity index (χ1) is 9.58. The second kappa shape index (κ2) is 8.97. The second-order valence-electron chi connectivity index (χ2n) is 4.42. The molecule has 1 aromatic rings. The van der Waals surface area contributed by atoms with Gasteiger partial charge in [-0.3, -0.25) is 4.79 Å². The van der Waals surface area contributed by atoms with Gasteiger partial charge in [0.2, 0.25) is 0 Å². The van der Waals surface area contributed by atoms with E-state index in [1.54, 1.807) is 6.92 Å². The van der Waals surface area contributed by atoms with Crippen molar-refractivity contribution in [1.29, 1.82) is 0 Å². The Balaban J connectivity index is 2.59. The monoisotopic (exact) mass is 343 g/mol. The maximum absolute atomic E-state index is 11.3. The molecular weight excluding hydrogens is 322 g/mol. The van der Waals surface area contributed by atoms with Gasteiger partial charge < -0.3 is 15.2 Å². The van der Waals surface area contributed by atoms with Crippen molar-refractivity contribution in [2.24, 2.45) is 5.73 Å². The Morgan fingerprint density at radius 1 is 1.35 bits per heavy atom. The Kier molecular flexibility index (Phi) is 7.62. The summed E-state index contributed by atoms with van der Waals surface area (Å²) < 4.78 is 11.5. The Morgan fingerprint density at radius 2 is 2.10 bits per heavy atom. The van der Waals surface area contributed by atoms with Gasteiger partial charge in [0.05, 0.1) is 13.2 Å². The first-order valence-electron chi connectivity index (χ1n) is 6.91. The molecular formula is C15H22BrNO3. The van der Waals surface area contributed by atoms with E-state index < -0.39 is 0 Å². The normalized spacial score (nSPS) is 12.0. The molecule has 0 aliphatic carbocycles. The van der Waals surface area contributed by atoms with E-state index in [2.05, 4.69) is 15.9 Å². The molecule has 20 heavy (non-hydrogen) atoms. The first-order valence-corrected chi connectivity index (χ1v) is 7.71. The Bertz CT molecular complexity index is 437. The highest BCUT2D eigenvalue weighted by atomic mass is 79.9. The third-order valence-electron chi connectivity index (χ3n) is 2.87.